The van der Waals surface area contributed by atoms with Crippen molar-refractivity contribution >= 4 is 29.6 Å². The Morgan fingerprint density at radius 2 is 1.76 bits per heavy atom. The summed E-state index contributed by atoms with van der Waals surface area (Å²) >= 11 is 5.96. The first kappa shape index (κ1) is 28.0. The predicted octanol–water partition coefficient (Wildman–Crippen LogP) is 3.82. The van der Waals surface area contributed by atoms with E-state index in [1.807, 2.05) is 38.1 Å². The number of halogens is 1. The zero-order chi connectivity index (χ0) is 27.0. The Hall–Kier alpha value is -3.59. The molecule has 0 radical (unpaired) electrons. The molecule has 3 aromatic carbocycles. The number of phenolic OH excluding ortho intramolecular Hbond substituents is 2. The van der Waals surface area contributed by atoms with Gasteiger partial charge in [-0.05, 0) is 67.3 Å². The molecule has 3 rings (SSSR count). The number of benzene rings is 3. The van der Waals surface area contributed by atoms with Gasteiger partial charge in [0.25, 0.3) is 0 Å². The molecule has 0 aromatic heterocycles. The van der Waals surface area contributed by atoms with Crippen molar-refractivity contribution in [3.05, 3.63) is 87.9 Å². The van der Waals surface area contributed by atoms with Crippen LogP contribution in [0.1, 0.15) is 42.2 Å². The van der Waals surface area contributed by atoms with Gasteiger partial charge in [0.15, 0.2) is 0 Å². The number of rotatable bonds is 12. The first-order valence-corrected chi connectivity index (χ1v) is 12.2. The van der Waals surface area contributed by atoms with Crippen LogP contribution in [0.2, 0.25) is 5.02 Å². The van der Waals surface area contributed by atoms with E-state index in [-0.39, 0.29) is 48.1 Å². The van der Waals surface area contributed by atoms with Gasteiger partial charge >= 0.3 is 0 Å². The van der Waals surface area contributed by atoms with Crippen LogP contribution < -0.4 is 16.0 Å². The molecule has 0 bridgehead atoms. The third-order valence-electron chi connectivity index (χ3n) is 5.91. The van der Waals surface area contributed by atoms with Crippen LogP contribution in [-0.4, -0.2) is 39.7 Å². The summed E-state index contributed by atoms with van der Waals surface area (Å²) in [6, 6.07) is 17.0. The van der Waals surface area contributed by atoms with E-state index in [2.05, 4.69) is 16.0 Å². The van der Waals surface area contributed by atoms with Gasteiger partial charge in [0.05, 0.1) is 18.2 Å². The highest BCUT2D eigenvalue weighted by Crippen LogP contribution is 2.27. The number of nitrogens with one attached hydrogen (secondary N) is 3. The maximum absolute atomic E-state index is 12.5. The number of β-amino-alcohol motifs (C(OH)–C–C–N with tert-alkyl or cyclic N) is 1. The zero-order valence-corrected chi connectivity index (χ0v) is 21.5. The number of hydrogen-bond acceptors (Lipinski definition) is 6. The minimum atomic E-state index is -0.846. The van der Waals surface area contributed by atoms with E-state index in [0.717, 1.165) is 11.1 Å². The van der Waals surface area contributed by atoms with Crippen LogP contribution in [0.25, 0.3) is 0 Å². The van der Waals surface area contributed by atoms with E-state index < -0.39 is 6.10 Å². The lowest BCUT2D eigenvalue weighted by molar-refractivity contribution is -0.120. The molecule has 0 aliphatic rings. The van der Waals surface area contributed by atoms with Gasteiger partial charge in [0, 0.05) is 29.2 Å². The molecule has 196 valence electrons. The monoisotopic (exact) mass is 525 g/mol. The summed E-state index contributed by atoms with van der Waals surface area (Å²) in [6.07, 6.45) is 0.467. The van der Waals surface area contributed by atoms with Crippen molar-refractivity contribution in [3.8, 4) is 11.5 Å². The van der Waals surface area contributed by atoms with E-state index in [0.29, 0.717) is 29.0 Å². The van der Waals surface area contributed by atoms with Gasteiger partial charge in [-0.2, -0.15) is 0 Å². The van der Waals surface area contributed by atoms with Gasteiger partial charge in [-0.1, -0.05) is 41.9 Å². The highest BCUT2D eigenvalue weighted by atomic mass is 35.5. The number of aromatic hydroxyl groups is 2. The second kappa shape index (κ2) is 12.6. The Morgan fingerprint density at radius 1 is 1.03 bits per heavy atom. The summed E-state index contributed by atoms with van der Waals surface area (Å²) in [4.78, 5) is 23.2. The Balaban J connectivity index is 1.54. The Morgan fingerprint density at radius 3 is 2.51 bits per heavy atom. The van der Waals surface area contributed by atoms with Crippen molar-refractivity contribution in [1.29, 1.82) is 0 Å². The van der Waals surface area contributed by atoms with Crippen molar-refractivity contribution < 1.29 is 24.9 Å². The molecule has 9 heteroatoms. The summed E-state index contributed by atoms with van der Waals surface area (Å²) in [5.74, 6) is -0.170. The molecule has 0 saturated carbocycles. The fraction of sp³-hybridized carbons (Fsp3) is 0.286. The molecule has 2 amide bonds. The maximum atomic E-state index is 12.5. The van der Waals surface area contributed by atoms with Crippen LogP contribution in [0, 0.1) is 0 Å². The van der Waals surface area contributed by atoms with Crippen molar-refractivity contribution in [3.63, 3.8) is 0 Å². The number of carbonyl (C=O) groups excluding carboxylic acids is 2. The number of aliphatic hydroxyl groups is 1. The highest BCUT2D eigenvalue weighted by molar-refractivity contribution is 6.30. The summed E-state index contributed by atoms with van der Waals surface area (Å²) in [7, 11) is 0. The lowest BCUT2D eigenvalue weighted by Gasteiger charge is -2.28. The third kappa shape index (κ3) is 8.49. The smallest absolute Gasteiger partial charge is 0.224 e. The second-order valence-electron chi connectivity index (χ2n) is 9.54. The minimum absolute atomic E-state index is 0.0764. The van der Waals surface area contributed by atoms with Crippen LogP contribution in [-0.2, 0) is 29.0 Å². The Bertz CT molecular complexity index is 1250. The molecule has 3 aromatic rings. The average Bonchev–Trinajstić information content (AvgIpc) is 2.84. The molecule has 0 aliphatic carbocycles. The fourth-order valence-electron chi connectivity index (χ4n) is 3.99. The van der Waals surface area contributed by atoms with E-state index in [4.69, 9.17) is 11.6 Å². The van der Waals surface area contributed by atoms with Gasteiger partial charge in [-0.3, -0.25) is 9.59 Å². The van der Waals surface area contributed by atoms with Crippen molar-refractivity contribution in [2.24, 2.45) is 0 Å². The zero-order valence-electron chi connectivity index (χ0n) is 20.8. The molecular weight excluding hydrogens is 494 g/mol. The van der Waals surface area contributed by atoms with Crippen molar-refractivity contribution in [1.82, 2.24) is 10.6 Å². The molecular formula is C28H32ClN3O5. The van der Waals surface area contributed by atoms with Gasteiger partial charge < -0.3 is 31.3 Å². The summed E-state index contributed by atoms with van der Waals surface area (Å²) in [5, 5.41) is 39.4. The van der Waals surface area contributed by atoms with Crippen LogP contribution in [0.4, 0.5) is 5.69 Å². The Kier molecular flexibility index (Phi) is 9.52. The fourth-order valence-corrected chi connectivity index (χ4v) is 4.19. The normalized spacial score (nSPS) is 12.1. The summed E-state index contributed by atoms with van der Waals surface area (Å²) in [5.41, 5.74) is 2.87. The van der Waals surface area contributed by atoms with Crippen LogP contribution in [0.5, 0.6) is 11.5 Å². The minimum Gasteiger partial charge on any atom is -0.508 e. The van der Waals surface area contributed by atoms with Crippen molar-refractivity contribution in [2.45, 2.75) is 44.9 Å². The molecule has 8 nitrogen and oxygen atoms in total. The van der Waals surface area contributed by atoms with Crippen LogP contribution in [0.15, 0.2) is 60.7 Å². The quantitative estimate of drug-likeness (QED) is 0.157. The van der Waals surface area contributed by atoms with Gasteiger partial charge in [-0.15, -0.1) is 0 Å². The number of anilines is 1. The summed E-state index contributed by atoms with van der Waals surface area (Å²) in [6.45, 7) is 4.48. The summed E-state index contributed by atoms with van der Waals surface area (Å²) < 4.78 is 0. The lowest BCUT2D eigenvalue weighted by atomic mass is 9.93. The SMILES string of the molecule is CC(C)(Cc1cccc(CC(=O)NCc2cc(Cl)ccc2O)c1)NC[C@@H](O)c1ccc(O)c(NC=O)c1. The second-order valence-corrected chi connectivity index (χ2v) is 9.98. The maximum Gasteiger partial charge on any atom is 0.224 e. The molecule has 1 atom stereocenters. The van der Waals surface area contributed by atoms with Crippen molar-refractivity contribution in [2.75, 3.05) is 11.9 Å². The Labute approximate surface area is 221 Å². The van der Waals surface area contributed by atoms with Gasteiger partial charge in [0.2, 0.25) is 12.3 Å². The lowest BCUT2D eigenvalue weighted by Crippen LogP contribution is -2.43. The first-order chi connectivity index (χ1) is 17.6. The third-order valence-corrected chi connectivity index (χ3v) is 6.15. The van der Waals surface area contributed by atoms with E-state index >= 15 is 0 Å². The van der Waals surface area contributed by atoms with E-state index in [1.165, 1.54) is 18.2 Å². The average molecular weight is 526 g/mol. The largest absolute Gasteiger partial charge is 0.508 e. The molecule has 6 N–H and O–H groups in total. The number of carbonyl (C=O) groups is 2. The molecule has 0 aliphatic heterocycles. The number of phenols is 2. The molecule has 0 fully saturated rings. The molecule has 0 heterocycles. The van der Waals surface area contributed by atoms with E-state index in [1.54, 1.807) is 18.2 Å². The van der Waals surface area contributed by atoms with Crippen LogP contribution in [0.3, 0.4) is 0 Å². The number of hydrogen-bond donors (Lipinski definition) is 6. The van der Waals surface area contributed by atoms with Gasteiger partial charge in [-0.25, -0.2) is 0 Å². The van der Waals surface area contributed by atoms with Gasteiger partial charge in [0.1, 0.15) is 11.5 Å². The predicted molar refractivity (Wildman–Crippen MR) is 144 cm³/mol. The number of aliphatic hydroxyl groups excluding tert-OH is 1. The molecule has 0 spiro atoms. The topological polar surface area (TPSA) is 131 Å². The van der Waals surface area contributed by atoms with Crippen LogP contribution >= 0.6 is 11.6 Å². The first-order valence-electron chi connectivity index (χ1n) is 11.8. The molecule has 0 unspecified atom stereocenters. The standard InChI is InChI=1S/C28H32ClN3O5/c1-28(2,32-16-26(36)20-6-8-25(35)23(13-20)31-17-33)14-19-5-3-4-18(10-19)11-27(37)30-15-21-12-22(29)7-9-24(21)34/h3-10,12-13,17,26,32,34-36H,11,14-16H2,1-2H3,(H,30,37)(H,31,33)/t26-/m1/s1. The van der Waals surface area contributed by atoms with E-state index in [9.17, 15) is 24.9 Å². The number of amides is 2. The highest BCUT2D eigenvalue weighted by Gasteiger charge is 2.21. The molecule has 0 saturated heterocycles. The molecule has 37 heavy (non-hydrogen) atoms.